The van der Waals surface area contributed by atoms with Crippen LogP contribution in [0.25, 0.3) is 0 Å². The van der Waals surface area contributed by atoms with Gasteiger partial charge in [0.15, 0.2) is 6.10 Å². The molecule has 0 aliphatic rings. The van der Waals surface area contributed by atoms with Gasteiger partial charge in [0.05, 0.1) is 27.7 Å². The first-order valence-electron chi connectivity index (χ1n) is 40.5. The fourth-order valence-electron chi connectivity index (χ4n) is 10.4. The van der Waals surface area contributed by atoms with Crippen LogP contribution in [0.1, 0.15) is 296 Å². The molecule has 0 saturated heterocycles. The van der Waals surface area contributed by atoms with Crippen LogP contribution in [0.5, 0.6) is 0 Å². The van der Waals surface area contributed by atoms with Gasteiger partial charge in [-0.1, -0.05) is 348 Å². The lowest BCUT2D eigenvalue weighted by atomic mass is 10.0. The summed E-state index contributed by atoms with van der Waals surface area (Å²) >= 11 is 0. The number of quaternary nitrogens is 1. The highest BCUT2D eigenvalue weighted by atomic mass is 31.2. The van der Waals surface area contributed by atoms with Crippen molar-refractivity contribution in [2.45, 2.75) is 302 Å². The minimum Gasteiger partial charge on any atom is -0.462 e. The van der Waals surface area contributed by atoms with Crippen LogP contribution in [0.4, 0.5) is 0 Å². The van der Waals surface area contributed by atoms with Gasteiger partial charge in [0.25, 0.3) is 0 Å². The molecule has 10 heteroatoms. The van der Waals surface area contributed by atoms with E-state index in [-0.39, 0.29) is 32.0 Å². The van der Waals surface area contributed by atoms with E-state index in [0.717, 1.165) is 167 Å². The molecule has 2 atom stereocenters. The number of unbranched alkanes of at least 4 members (excludes halogenated alkanes) is 22. The van der Waals surface area contributed by atoms with Crippen molar-refractivity contribution < 1.29 is 42.1 Å². The molecule has 2 unspecified atom stereocenters. The molecular weight excluding hydrogens is 1280 g/mol. The van der Waals surface area contributed by atoms with E-state index in [1.807, 2.05) is 21.1 Å². The van der Waals surface area contributed by atoms with Crippen LogP contribution >= 0.6 is 7.82 Å². The highest BCUT2D eigenvalue weighted by molar-refractivity contribution is 7.47. The van der Waals surface area contributed by atoms with Gasteiger partial charge in [-0.2, -0.15) is 0 Å². The van der Waals surface area contributed by atoms with E-state index >= 15 is 0 Å². The number of allylic oxidation sites excluding steroid dienone is 36. The molecular formula is C92H149NO8P+. The highest BCUT2D eigenvalue weighted by Gasteiger charge is 2.27. The van der Waals surface area contributed by atoms with E-state index in [9.17, 15) is 19.0 Å². The van der Waals surface area contributed by atoms with Crippen LogP contribution in [0.3, 0.4) is 0 Å². The van der Waals surface area contributed by atoms with Gasteiger partial charge in [0, 0.05) is 12.8 Å². The van der Waals surface area contributed by atoms with Gasteiger partial charge in [-0.3, -0.25) is 18.6 Å². The molecule has 0 aromatic heterocycles. The number of rotatable bonds is 72. The largest absolute Gasteiger partial charge is 0.472 e. The first-order chi connectivity index (χ1) is 50.0. The second kappa shape index (κ2) is 79.4. The molecule has 0 saturated carbocycles. The number of hydrogen-bond acceptors (Lipinski definition) is 7. The molecule has 0 aromatic rings. The van der Waals surface area contributed by atoms with Crippen molar-refractivity contribution in [1.29, 1.82) is 0 Å². The molecule has 9 nitrogen and oxygen atoms in total. The van der Waals surface area contributed by atoms with E-state index in [4.69, 9.17) is 18.5 Å². The zero-order valence-electron chi connectivity index (χ0n) is 65.5. The quantitative estimate of drug-likeness (QED) is 0.0211. The second-order valence-electron chi connectivity index (χ2n) is 27.3. The average Bonchev–Trinajstić information content (AvgIpc) is 0.916. The summed E-state index contributed by atoms with van der Waals surface area (Å²) in [7, 11) is 1.45. The number of phosphoric ester groups is 1. The fraction of sp³-hybridized carbons (Fsp3) is 0.587. The van der Waals surface area contributed by atoms with E-state index in [1.165, 1.54) is 96.3 Å². The number of ether oxygens (including phenoxy) is 2. The molecule has 574 valence electrons. The van der Waals surface area contributed by atoms with Gasteiger partial charge in [-0.05, 0) is 154 Å². The van der Waals surface area contributed by atoms with Gasteiger partial charge in [-0.25, -0.2) is 4.57 Å². The first kappa shape index (κ1) is 96.3. The van der Waals surface area contributed by atoms with Crippen LogP contribution in [0, 0.1) is 0 Å². The lowest BCUT2D eigenvalue weighted by molar-refractivity contribution is -0.870. The number of esters is 2. The minimum absolute atomic E-state index is 0.0206. The summed E-state index contributed by atoms with van der Waals surface area (Å²) in [6.07, 6.45) is 126. The molecule has 102 heavy (non-hydrogen) atoms. The molecule has 0 amide bonds. The Morgan fingerprint density at radius 1 is 0.304 bits per heavy atom. The number of carbonyl (C=O) groups is 2. The van der Waals surface area contributed by atoms with E-state index in [1.54, 1.807) is 0 Å². The number of nitrogens with zero attached hydrogens (tertiary/aromatic N) is 1. The van der Waals surface area contributed by atoms with Crippen molar-refractivity contribution in [3.63, 3.8) is 0 Å². The molecule has 0 fully saturated rings. The number of likely N-dealkylation sites (N-methyl/N-ethyl adjacent to an activating group) is 1. The Kier molecular flexibility index (Phi) is 75.0. The summed E-state index contributed by atoms with van der Waals surface area (Å²) in [5.74, 6) is -0.813. The predicted molar refractivity (Wildman–Crippen MR) is 444 cm³/mol. The van der Waals surface area contributed by atoms with Crippen LogP contribution in [0.2, 0.25) is 0 Å². The molecule has 0 spiro atoms. The molecule has 1 N–H and O–H groups in total. The Bertz CT molecular complexity index is 2530. The summed E-state index contributed by atoms with van der Waals surface area (Å²) < 4.78 is 34.8. The Balaban J connectivity index is 4.08. The van der Waals surface area contributed by atoms with Crippen molar-refractivity contribution in [2.75, 3.05) is 47.5 Å². The third kappa shape index (κ3) is 83.3. The smallest absolute Gasteiger partial charge is 0.462 e. The van der Waals surface area contributed by atoms with Crippen LogP contribution in [-0.2, 0) is 32.7 Å². The van der Waals surface area contributed by atoms with Gasteiger partial charge >= 0.3 is 19.8 Å². The highest BCUT2D eigenvalue weighted by Crippen LogP contribution is 2.43. The molecule has 0 radical (unpaired) electrons. The maximum Gasteiger partial charge on any atom is 0.472 e. The molecule has 0 bridgehead atoms. The molecule has 0 aromatic carbocycles. The molecule has 0 heterocycles. The maximum atomic E-state index is 12.9. The van der Waals surface area contributed by atoms with Gasteiger partial charge in [-0.15, -0.1) is 0 Å². The summed E-state index contributed by atoms with van der Waals surface area (Å²) in [6.45, 7) is 4.19. The van der Waals surface area contributed by atoms with Crippen molar-refractivity contribution >= 4 is 19.8 Å². The van der Waals surface area contributed by atoms with Crippen molar-refractivity contribution in [3.8, 4) is 0 Å². The first-order valence-corrected chi connectivity index (χ1v) is 42.0. The Morgan fingerprint density at radius 3 is 0.784 bits per heavy atom. The third-order valence-corrected chi connectivity index (χ3v) is 17.5. The SMILES string of the molecule is CC/C=C\C/C=C\C/C=C\C/C=C\C/C=C\C/C=C\C/C=C\C/C=C\C/C=C\C/C=C\CCCCCCCCCCCCC(=O)OC(COC(=O)CCCCCCCCCCCCCC/C=C\C/C=C\C/C=C\C/C=C\C/C=C\C/C=C\C/C=C\C/C=C\CC)COP(=O)(O)OCC[N+](C)(C)C. The summed E-state index contributed by atoms with van der Waals surface area (Å²) in [5, 5.41) is 0. The van der Waals surface area contributed by atoms with E-state index in [2.05, 4.69) is 233 Å². The standard InChI is InChI=1S/C92H148NO8P/c1-6-8-10-12-14-16-18-20-22-24-26-28-30-32-34-36-38-40-42-44-45-46-47-49-51-53-55-57-59-61-63-65-67-69-71-73-75-77-79-81-83-85-92(95)101-90(89-100-102(96,97)99-87-86-93(3,4)5)88-98-91(94)84-82-80-78-76-74-72-70-68-66-64-62-60-58-56-54-52-50-48-43-41-39-37-35-33-31-29-27-25-23-21-19-17-15-13-11-9-7-2/h8-11,14-17,20-23,26-29,32-35,38-41,44-45,47-50,53-56,59,61,90H,6-7,12-13,18-19,24-25,30-31,36-37,42-43,46,51-52,57-58,60,62-89H2,1-5H3/p+1/b10-8-,11-9-,16-14-,17-15-,22-20-,23-21-,28-26-,29-27-,34-32-,35-33-,40-38-,41-39-,45-44-,49-47-,50-48-,55-53-,56-54-,61-59-. The number of carbonyl (C=O) groups excluding carboxylic acids is 2. The van der Waals surface area contributed by atoms with E-state index < -0.39 is 26.5 Å². The Labute approximate surface area is 627 Å². The van der Waals surface area contributed by atoms with Crippen molar-refractivity contribution in [2.24, 2.45) is 0 Å². The third-order valence-electron chi connectivity index (χ3n) is 16.5. The number of hydrogen-bond donors (Lipinski definition) is 1. The summed E-state index contributed by atoms with van der Waals surface area (Å²) in [6, 6.07) is 0. The number of phosphoric acid groups is 1. The Morgan fingerprint density at radius 2 is 0.529 bits per heavy atom. The van der Waals surface area contributed by atoms with E-state index in [0.29, 0.717) is 17.4 Å². The van der Waals surface area contributed by atoms with Crippen molar-refractivity contribution in [1.82, 2.24) is 0 Å². The normalized spacial score (nSPS) is 14.2. The topological polar surface area (TPSA) is 108 Å². The van der Waals surface area contributed by atoms with Crippen LogP contribution in [0.15, 0.2) is 219 Å². The van der Waals surface area contributed by atoms with Gasteiger partial charge in [0.2, 0.25) is 0 Å². The zero-order valence-corrected chi connectivity index (χ0v) is 66.4. The minimum atomic E-state index is -4.41. The summed E-state index contributed by atoms with van der Waals surface area (Å²) in [5.41, 5.74) is 0. The zero-order chi connectivity index (χ0) is 74.0. The Hall–Kier alpha value is -5.67. The molecule has 0 aliphatic heterocycles. The monoisotopic (exact) mass is 1430 g/mol. The maximum absolute atomic E-state index is 12.9. The van der Waals surface area contributed by atoms with Crippen LogP contribution in [-0.4, -0.2) is 74.9 Å². The fourth-order valence-corrected chi connectivity index (χ4v) is 11.2. The average molecular weight is 1430 g/mol. The summed E-state index contributed by atoms with van der Waals surface area (Å²) in [4.78, 5) is 36.0. The molecule has 0 rings (SSSR count). The van der Waals surface area contributed by atoms with Gasteiger partial charge < -0.3 is 18.9 Å². The van der Waals surface area contributed by atoms with Gasteiger partial charge in [0.1, 0.15) is 19.8 Å². The molecule has 0 aliphatic carbocycles. The predicted octanol–water partition coefficient (Wildman–Crippen LogP) is 27.5. The van der Waals surface area contributed by atoms with Crippen LogP contribution < -0.4 is 0 Å². The van der Waals surface area contributed by atoms with Crippen molar-refractivity contribution in [3.05, 3.63) is 219 Å². The second-order valence-corrected chi connectivity index (χ2v) is 28.8. The lowest BCUT2D eigenvalue weighted by Gasteiger charge is -2.24. The lowest BCUT2D eigenvalue weighted by Crippen LogP contribution is -2.37.